The van der Waals surface area contributed by atoms with E-state index in [1.54, 1.807) is 0 Å². The van der Waals surface area contributed by atoms with Crippen molar-refractivity contribution in [2.45, 2.75) is 165 Å². The third-order valence-electron chi connectivity index (χ3n) is 18.8. The smallest absolute Gasteiger partial charge is 0.369 e. The van der Waals surface area contributed by atoms with Crippen molar-refractivity contribution >= 4 is 13.8 Å². The van der Waals surface area contributed by atoms with Crippen LogP contribution in [0, 0.1) is 92.7 Å². The predicted molar refractivity (Wildman–Crippen MR) is 199 cm³/mol. The van der Waals surface area contributed by atoms with Crippen molar-refractivity contribution < 1.29 is 9.31 Å². The molecule has 8 aliphatic rings. The van der Waals surface area contributed by atoms with E-state index in [0.717, 1.165) is 77.0 Å². The van der Waals surface area contributed by atoms with E-state index in [4.69, 9.17) is 9.31 Å². The molecule has 0 saturated heterocycles. The van der Waals surface area contributed by atoms with Crippen molar-refractivity contribution in [3.63, 3.8) is 0 Å². The molecule has 16 atom stereocenters. The van der Waals surface area contributed by atoms with Gasteiger partial charge in [0.05, 0.1) is 0 Å². The quantitative estimate of drug-likeness (QED) is 0.194. The SMILES string of the molecule is CC=C(OB([C@H]1[C@H]2[C@@H](CC[C@@H]1C)C2(C)C)[C@H]1[C@H]2[C@@H](CC[C@@H]1C)C2(C)C)OB([C@H]1[C@H]2[C@@H](CC[C@@H]1C)C2(C)C)[C@H]1[C@H]2[C@@H](CC[C@@H]1C)C2(C)C. The van der Waals surface area contributed by atoms with Gasteiger partial charge in [-0.05, 0) is 155 Å². The van der Waals surface area contributed by atoms with E-state index in [0.29, 0.717) is 44.9 Å². The second-order valence-electron chi connectivity index (χ2n) is 22.1. The zero-order valence-corrected chi connectivity index (χ0v) is 32.9. The Hall–Kier alpha value is -0.530. The molecule has 0 bridgehead atoms. The van der Waals surface area contributed by atoms with Gasteiger partial charge in [-0.2, -0.15) is 0 Å². The highest BCUT2D eigenvalue weighted by Crippen LogP contribution is 2.77. The first-order chi connectivity index (χ1) is 22.0. The standard InChI is InChI=1S/C43H72B2O2/c1-14-31(46-44(36-23(2)15-19-27-32(36)40(27,6)7)37-24(3)16-20-28-33(37)41(28,8)9)47-45(38-25(4)17-21-29-34(38)42(29,10)11)39-26(5)18-22-30-35(39)43(30,12)13/h14,23-30,32-39H,15-22H2,1-13H3/t23-,24-,25-,26-,27+,28+,29+,30+,32+,33+,34+,35+,36+,37+,38+,39+/m0/s1. The van der Waals surface area contributed by atoms with E-state index < -0.39 is 0 Å². The van der Waals surface area contributed by atoms with Crippen molar-refractivity contribution in [2.24, 2.45) is 92.7 Å². The second kappa shape index (κ2) is 10.7. The highest BCUT2D eigenvalue weighted by atomic mass is 16.6. The van der Waals surface area contributed by atoms with Crippen LogP contribution in [0.15, 0.2) is 12.0 Å². The number of hydrogen-bond acceptors (Lipinski definition) is 2. The van der Waals surface area contributed by atoms with Crippen LogP contribution in [0.3, 0.4) is 0 Å². The normalized spacial score (nSPS) is 51.5. The minimum absolute atomic E-state index is 0.277. The Morgan fingerprint density at radius 2 is 0.681 bits per heavy atom. The van der Waals surface area contributed by atoms with Crippen molar-refractivity contribution in [2.75, 3.05) is 0 Å². The lowest BCUT2D eigenvalue weighted by atomic mass is 9.36. The lowest BCUT2D eigenvalue weighted by Gasteiger charge is -2.44. The van der Waals surface area contributed by atoms with E-state index in [1.807, 2.05) is 0 Å². The van der Waals surface area contributed by atoms with Gasteiger partial charge >= 0.3 is 13.8 Å². The largest absolute Gasteiger partial charge is 0.537 e. The molecule has 8 aliphatic carbocycles. The number of hydrogen-bond donors (Lipinski definition) is 0. The van der Waals surface area contributed by atoms with Gasteiger partial charge < -0.3 is 9.31 Å². The molecule has 8 rings (SSSR count). The number of fused-ring (bicyclic) bond motifs is 4. The summed E-state index contributed by atoms with van der Waals surface area (Å²) >= 11 is 0. The molecule has 2 nitrogen and oxygen atoms in total. The third-order valence-corrected chi connectivity index (χ3v) is 18.8. The molecule has 0 radical (unpaired) electrons. The van der Waals surface area contributed by atoms with E-state index in [1.165, 1.54) is 51.4 Å². The molecule has 0 unspecified atom stereocenters. The van der Waals surface area contributed by atoms with Crippen LogP contribution in [0.2, 0.25) is 23.3 Å². The molecule has 0 N–H and O–H groups in total. The summed E-state index contributed by atoms with van der Waals surface area (Å²) in [6.07, 6.45) is 13.5. The average Bonchev–Trinajstić information content (AvgIpc) is 3.96. The zero-order chi connectivity index (χ0) is 33.7. The van der Waals surface area contributed by atoms with Crippen LogP contribution in [0.25, 0.3) is 0 Å². The van der Waals surface area contributed by atoms with Crippen LogP contribution in [0.1, 0.15) is 141 Å². The zero-order valence-electron chi connectivity index (χ0n) is 32.9. The molecular formula is C43H72B2O2. The number of rotatable bonds is 8. The Morgan fingerprint density at radius 3 is 0.894 bits per heavy atom. The molecule has 262 valence electrons. The molecule has 4 heteroatoms. The van der Waals surface area contributed by atoms with Gasteiger partial charge in [-0.3, -0.25) is 0 Å². The molecule has 0 aromatic heterocycles. The summed E-state index contributed by atoms with van der Waals surface area (Å²) < 4.78 is 15.4. The van der Waals surface area contributed by atoms with Crippen LogP contribution < -0.4 is 0 Å². The van der Waals surface area contributed by atoms with Crippen LogP contribution in [0.5, 0.6) is 0 Å². The minimum atomic E-state index is 0.277. The Labute approximate surface area is 291 Å². The summed E-state index contributed by atoms with van der Waals surface area (Å²) in [5.74, 6) is 13.1. The average molecular weight is 643 g/mol. The molecule has 0 aromatic rings. The summed E-state index contributed by atoms with van der Waals surface area (Å²) in [5, 5.41) is 0. The molecular weight excluding hydrogens is 570 g/mol. The van der Waals surface area contributed by atoms with Gasteiger partial charge in [-0.1, -0.05) is 109 Å². The van der Waals surface area contributed by atoms with Crippen molar-refractivity contribution in [1.29, 1.82) is 0 Å². The first kappa shape index (κ1) is 33.6. The maximum Gasteiger partial charge on any atom is 0.369 e. The summed E-state index contributed by atoms with van der Waals surface area (Å²) in [4.78, 5) is 0. The molecule has 8 fully saturated rings. The molecule has 0 heterocycles. The maximum atomic E-state index is 7.72. The highest BCUT2D eigenvalue weighted by Gasteiger charge is 2.73. The molecule has 47 heavy (non-hydrogen) atoms. The van der Waals surface area contributed by atoms with Crippen molar-refractivity contribution in [1.82, 2.24) is 0 Å². The fraction of sp³-hybridized carbons (Fsp3) is 0.953. The lowest BCUT2D eigenvalue weighted by molar-refractivity contribution is 0.172. The van der Waals surface area contributed by atoms with Gasteiger partial charge in [0.25, 0.3) is 0 Å². The predicted octanol–water partition coefficient (Wildman–Crippen LogP) is 12.2. The van der Waals surface area contributed by atoms with E-state index in [9.17, 15) is 0 Å². The summed E-state index contributed by atoms with van der Waals surface area (Å²) in [6.45, 7) is 33.8. The first-order valence-electron chi connectivity index (χ1n) is 21.0. The summed E-state index contributed by atoms with van der Waals surface area (Å²) in [7, 11) is 0. The molecule has 0 aliphatic heterocycles. The lowest BCUT2D eigenvalue weighted by Crippen LogP contribution is -2.44. The Morgan fingerprint density at radius 1 is 0.447 bits per heavy atom. The van der Waals surface area contributed by atoms with E-state index >= 15 is 0 Å². The van der Waals surface area contributed by atoms with Crippen LogP contribution >= 0.6 is 0 Å². The molecule has 0 spiro atoms. The second-order valence-corrected chi connectivity index (χ2v) is 22.1. The molecule has 8 saturated carbocycles. The van der Waals surface area contributed by atoms with Gasteiger partial charge in [0, 0.05) is 0 Å². The fourth-order valence-electron chi connectivity index (χ4n) is 15.7. The van der Waals surface area contributed by atoms with Crippen LogP contribution in [-0.4, -0.2) is 13.8 Å². The van der Waals surface area contributed by atoms with Gasteiger partial charge in [0.2, 0.25) is 5.95 Å². The van der Waals surface area contributed by atoms with Gasteiger partial charge in [0.1, 0.15) is 0 Å². The van der Waals surface area contributed by atoms with E-state index in [-0.39, 0.29) is 13.8 Å². The van der Waals surface area contributed by atoms with Crippen LogP contribution in [0.4, 0.5) is 0 Å². The monoisotopic (exact) mass is 643 g/mol. The minimum Gasteiger partial charge on any atom is -0.537 e. The fourth-order valence-corrected chi connectivity index (χ4v) is 15.7. The number of allylic oxidation sites excluding steroid dienone is 1. The molecule has 0 amide bonds. The van der Waals surface area contributed by atoms with Gasteiger partial charge in [-0.25, -0.2) is 0 Å². The third kappa shape index (κ3) is 4.82. The summed E-state index contributed by atoms with van der Waals surface area (Å²) in [6, 6.07) is 0. The van der Waals surface area contributed by atoms with Gasteiger partial charge in [-0.15, -0.1) is 0 Å². The summed E-state index contributed by atoms with van der Waals surface area (Å²) in [5.41, 5.74) is 1.84. The van der Waals surface area contributed by atoms with Crippen LogP contribution in [-0.2, 0) is 9.31 Å². The Bertz CT molecular complexity index is 1090. The first-order valence-corrected chi connectivity index (χ1v) is 21.0. The Kier molecular flexibility index (Phi) is 7.68. The van der Waals surface area contributed by atoms with Crippen molar-refractivity contribution in [3.05, 3.63) is 12.0 Å². The van der Waals surface area contributed by atoms with E-state index in [2.05, 4.69) is 96.1 Å². The highest BCUT2D eigenvalue weighted by molar-refractivity contribution is 6.58. The molecule has 0 aromatic carbocycles. The topological polar surface area (TPSA) is 18.5 Å². The van der Waals surface area contributed by atoms with Crippen molar-refractivity contribution in [3.8, 4) is 0 Å². The maximum absolute atomic E-state index is 7.72. The Balaban J connectivity index is 1.15. The van der Waals surface area contributed by atoms with Gasteiger partial charge in [0.15, 0.2) is 0 Å².